The van der Waals surface area contributed by atoms with Crippen molar-refractivity contribution in [3.05, 3.63) is 77.4 Å². The summed E-state index contributed by atoms with van der Waals surface area (Å²) >= 11 is 0. The molecular weight excluding hydrogens is 242 g/mol. The Hall–Kier alpha value is -2.28. The lowest BCUT2D eigenvalue weighted by Crippen LogP contribution is -1.99. The van der Waals surface area contributed by atoms with Gasteiger partial charge in [-0.05, 0) is 41.3 Å². The van der Waals surface area contributed by atoms with Crippen LogP contribution in [0.5, 0.6) is 0 Å². The van der Waals surface area contributed by atoms with Gasteiger partial charge in [-0.2, -0.15) is 0 Å². The van der Waals surface area contributed by atoms with Crippen molar-refractivity contribution >= 4 is 17.8 Å². The van der Waals surface area contributed by atoms with Crippen molar-refractivity contribution in [3.8, 4) is 0 Å². The highest BCUT2D eigenvalue weighted by Gasteiger charge is 2.06. The van der Waals surface area contributed by atoms with Crippen molar-refractivity contribution in [2.45, 2.75) is 13.3 Å². The van der Waals surface area contributed by atoms with Gasteiger partial charge in [-0.15, -0.1) is 0 Å². The Morgan fingerprint density at radius 1 is 1.00 bits per heavy atom. The second-order valence-electron chi connectivity index (χ2n) is 4.95. The molecule has 0 aliphatic rings. The van der Waals surface area contributed by atoms with Crippen LogP contribution in [0.3, 0.4) is 0 Å². The lowest BCUT2D eigenvalue weighted by Gasteiger charge is -2.13. The fraction of sp³-hybridized carbons (Fsp3) is 0.158. The molecule has 0 heterocycles. The molecule has 0 aliphatic carbocycles. The average Bonchev–Trinajstić information content (AvgIpc) is 2.47. The van der Waals surface area contributed by atoms with Crippen LogP contribution in [0.1, 0.15) is 27.8 Å². The fourth-order valence-corrected chi connectivity index (χ4v) is 2.42. The minimum Gasteiger partial charge on any atom is -0.388 e. The van der Waals surface area contributed by atoms with Gasteiger partial charge in [0, 0.05) is 19.2 Å². The van der Waals surface area contributed by atoms with Gasteiger partial charge >= 0.3 is 0 Å². The zero-order valence-electron chi connectivity index (χ0n) is 12.2. The number of rotatable bonds is 5. The Morgan fingerprint density at radius 2 is 1.80 bits per heavy atom. The lowest BCUT2D eigenvalue weighted by molar-refractivity contribution is 1.17. The Balaban J connectivity index is 2.45. The van der Waals surface area contributed by atoms with Crippen molar-refractivity contribution < 1.29 is 0 Å². The SMILES string of the molecule is C=Cc1ccc(NC)c(Cc2cc(C)ccc2C=C)c1. The predicted octanol–water partition coefficient (Wildman–Crippen LogP) is 4.91. The Labute approximate surface area is 121 Å². The molecule has 0 unspecified atom stereocenters. The molecule has 102 valence electrons. The van der Waals surface area contributed by atoms with Gasteiger partial charge in [0.1, 0.15) is 0 Å². The molecule has 1 N–H and O–H groups in total. The molecule has 1 nitrogen and oxygen atoms in total. The van der Waals surface area contributed by atoms with E-state index >= 15 is 0 Å². The van der Waals surface area contributed by atoms with Gasteiger partial charge < -0.3 is 5.32 Å². The third-order valence-electron chi connectivity index (χ3n) is 3.53. The van der Waals surface area contributed by atoms with Crippen LogP contribution in [0.25, 0.3) is 12.2 Å². The zero-order chi connectivity index (χ0) is 14.5. The molecule has 0 fully saturated rings. The Morgan fingerprint density at radius 3 is 2.45 bits per heavy atom. The van der Waals surface area contributed by atoms with Crippen molar-refractivity contribution in [1.29, 1.82) is 0 Å². The van der Waals surface area contributed by atoms with E-state index in [2.05, 4.69) is 61.8 Å². The van der Waals surface area contributed by atoms with Crippen LogP contribution in [0.4, 0.5) is 5.69 Å². The molecule has 0 aromatic heterocycles. The molecule has 1 heteroatoms. The van der Waals surface area contributed by atoms with Crippen LogP contribution < -0.4 is 5.32 Å². The van der Waals surface area contributed by atoms with Crippen LogP contribution in [-0.4, -0.2) is 7.05 Å². The minimum absolute atomic E-state index is 0.890. The van der Waals surface area contributed by atoms with E-state index in [0.29, 0.717) is 0 Å². The van der Waals surface area contributed by atoms with Gasteiger partial charge in [0.25, 0.3) is 0 Å². The zero-order valence-corrected chi connectivity index (χ0v) is 12.2. The highest BCUT2D eigenvalue weighted by atomic mass is 14.8. The summed E-state index contributed by atoms with van der Waals surface area (Å²) < 4.78 is 0. The molecule has 0 aliphatic heterocycles. The monoisotopic (exact) mass is 263 g/mol. The van der Waals surface area contributed by atoms with Gasteiger partial charge in [-0.3, -0.25) is 0 Å². The first-order chi connectivity index (χ1) is 9.67. The van der Waals surface area contributed by atoms with Crippen LogP contribution >= 0.6 is 0 Å². The molecule has 2 aromatic carbocycles. The van der Waals surface area contributed by atoms with Crippen molar-refractivity contribution in [2.75, 3.05) is 12.4 Å². The van der Waals surface area contributed by atoms with Gasteiger partial charge in [-0.1, -0.05) is 55.1 Å². The van der Waals surface area contributed by atoms with E-state index in [1.165, 1.54) is 22.3 Å². The topological polar surface area (TPSA) is 12.0 Å². The van der Waals surface area contributed by atoms with E-state index in [0.717, 1.165) is 17.7 Å². The highest BCUT2D eigenvalue weighted by molar-refractivity contribution is 5.61. The van der Waals surface area contributed by atoms with E-state index < -0.39 is 0 Å². The maximum absolute atomic E-state index is 3.91. The summed E-state index contributed by atoms with van der Waals surface area (Å²) in [5.74, 6) is 0. The molecule has 0 radical (unpaired) electrons. The molecule has 0 atom stereocenters. The largest absolute Gasteiger partial charge is 0.388 e. The quantitative estimate of drug-likeness (QED) is 0.808. The summed E-state index contributed by atoms with van der Waals surface area (Å²) in [5, 5.41) is 3.26. The normalized spacial score (nSPS) is 10.1. The van der Waals surface area contributed by atoms with E-state index in [4.69, 9.17) is 0 Å². The molecular formula is C19H21N. The maximum Gasteiger partial charge on any atom is 0.0373 e. The summed E-state index contributed by atoms with van der Waals surface area (Å²) in [6, 6.07) is 12.9. The molecule has 2 aromatic rings. The molecule has 2 rings (SSSR count). The summed E-state index contributed by atoms with van der Waals surface area (Å²) in [5.41, 5.74) is 7.35. The molecule has 0 amide bonds. The number of nitrogens with one attached hydrogen (secondary N) is 1. The van der Waals surface area contributed by atoms with E-state index in [-0.39, 0.29) is 0 Å². The first-order valence-electron chi connectivity index (χ1n) is 6.83. The Kier molecular flexibility index (Phi) is 4.41. The first-order valence-corrected chi connectivity index (χ1v) is 6.83. The number of hydrogen-bond donors (Lipinski definition) is 1. The molecule has 0 spiro atoms. The van der Waals surface area contributed by atoms with E-state index in [1.807, 2.05) is 19.2 Å². The molecule has 0 saturated carbocycles. The predicted molar refractivity (Wildman–Crippen MR) is 90.2 cm³/mol. The smallest absolute Gasteiger partial charge is 0.0373 e. The Bertz CT molecular complexity index is 638. The average molecular weight is 263 g/mol. The van der Waals surface area contributed by atoms with Crippen molar-refractivity contribution in [2.24, 2.45) is 0 Å². The molecule has 0 saturated heterocycles. The number of benzene rings is 2. The van der Waals surface area contributed by atoms with Gasteiger partial charge in [-0.25, -0.2) is 0 Å². The summed E-state index contributed by atoms with van der Waals surface area (Å²) in [4.78, 5) is 0. The second-order valence-corrected chi connectivity index (χ2v) is 4.95. The van der Waals surface area contributed by atoms with Gasteiger partial charge in [0.05, 0.1) is 0 Å². The van der Waals surface area contributed by atoms with Crippen molar-refractivity contribution in [1.82, 2.24) is 0 Å². The van der Waals surface area contributed by atoms with Crippen LogP contribution in [0, 0.1) is 6.92 Å². The standard InChI is InChI=1S/C19H21N/c1-5-15-8-10-19(20-4)18(12-15)13-17-11-14(3)7-9-16(17)6-2/h5-12,20H,1-2,13H2,3-4H3. The van der Waals surface area contributed by atoms with Gasteiger partial charge in [0.2, 0.25) is 0 Å². The van der Waals surface area contributed by atoms with Gasteiger partial charge in [0.15, 0.2) is 0 Å². The third-order valence-corrected chi connectivity index (χ3v) is 3.53. The number of anilines is 1. The highest BCUT2D eigenvalue weighted by Crippen LogP contribution is 2.24. The first kappa shape index (κ1) is 14.1. The number of hydrogen-bond acceptors (Lipinski definition) is 1. The molecule has 20 heavy (non-hydrogen) atoms. The maximum atomic E-state index is 3.91. The fourth-order valence-electron chi connectivity index (χ4n) is 2.42. The number of aryl methyl sites for hydroxylation is 1. The van der Waals surface area contributed by atoms with E-state index in [1.54, 1.807) is 0 Å². The summed E-state index contributed by atoms with van der Waals surface area (Å²) in [6.07, 6.45) is 4.69. The summed E-state index contributed by atoms with van der Waals surface area (Å²) in [6.45, 7) is 9.87. The molecule has 0 bridgehead atoms. The van der Waals surface area contributed by atoms with Crippen LogP contribution in [-0.2, 0) is 6.42 Å². The lowest BCUT2D eigenvalue weighted by atomic mass is 9.95. The van der Waals surface area contributed by atoms with Crippen LogP contribution in [0.2, 0.25) is 0 Å². The van der Waals surface area contributed by atoms with E-state index in [9.17, 15) is 0 Å². The van der Waals surface area contributed by atoms with Crippen molar-refractivity contribution in [3.63, 3.8) is 0 Å². The second kappa shape index (κ2) is 6.25. The third kappa shape index (κ3) is 3.00. The minimum atomic E-state index is 0.890. The van der Waals surface area contributed by atoms with Crippen LogP contribution in [0.15, 0.2) is 49.6 Å². The summed E-state index contributed by atoms with van der Waals surface area (Å²) in [7, 11) is 1.96.